The average Bonchev–Trinajstić information content (AvgIpc) is 3.25. The van der Waals surface area contributed by atoms with Gasteiger partial charge in [-0.1, -0.05) is 31.5 Å². The minimum Gasteiger partial charge on any atom is -0.490 e. The Hall–Kier alpha value is -2.39. The number of aliphatic hydroxyl groups is 1. The van der Waals surface area contributed by atoms with Crippen LogP contribution in [-0.2, 0) is 20.0 Å². The summed E-state index contributed by atoms with van der Waals surface area (Å²) >= 11 is 5.72. The van der Waals surface area contributed by atoms with Crippen molar-refractivity contribution in [2.24, 2.45) is 5.14 Å². The predicted octanol–water partition coefficient (Wildman–Crippen LogP) is 1.55. The maximum Gasteiger partial charge on any atom is 0.244 e. The van der Waals surface area contributed by atoms with Crippen molar-refractivity contribution in [3.05, 3.63) is 47.6 Å². The normalized spacial score (nSPS) is 15.6. The minimum absolute atomic E-state index is 0.0143. The van der Waals surface area contributed by atoms with E-state index < -0.39 is 31.0 Å². The molecule has 0 fully saturated rings. The Balaban J connectivity index is 0.000000196. The van der Waals surface area contributed by atoms with Gasteiger partial charge in [0.05, 0.1) is 17.4 Å². The van der Waals surface area contributed by atoms with Crippen LogP contribution < -0.4 is 25.2 Å². The molecule has 0 radical (unpaired) electrons. The zero-order valence-corrected chi connectivity index (χ0v) is 21.5. The van der Waals surface area contributed by atoms with Crippen molar-refractivity contribution in [1.82, 2.24) is 15.0 Å². The number of primary sulfonamides is 1. The number of fused-ring (bicyclic) bond motifs is 2. The van der Waals surface area contributed by atoms with E-state index in [1.54, 1.807) is 0 Å². The molecule has 3 aromatic rings. The van der Waals surface area contributed by atoms with E-state index in [-0.39, 0.29) is 22.3 Å². The number of hydrogen-bond donors (Lipinski definition) is 6. The van der Waals surface area contributed by atoms with Crippen molar-refractivity contribution in [1.29, 1.82) is 0 Å². The molecule has 2 heterocycles. The molecule has 192 valence electrons. The second kappa shape index (κ2) is 11.1. The van der Waals surface area contributed by atoms with Gasteiger partial charge in [-0.15, -0.1) is 0 Å². The average molecular weight is 546 g/mol. The van der Waals surface area contributed by atoms with Gasteiger partial charge in [0.2, 0.25) is 20.0 Å². The highest BCUT2D eigenvalue weighted by atomic mass is 35.5. The van der Waals surface area contributed by atoms with Gasteiger partial charge < -0.3 is 25.5 Å². The first kappa shape index (κ1) is 27.2. The monoisotopic (exact) mass is 545 g/mol. The van der Waals surface area contributed by atoms with Crippen molar-refractivity contribution in [3.63, 3.8) is 0 Å². The molecule has 2 aromatic carbocycles. The number of H-pyrrole nitrogens is 1. The molecule has 14 heteroatoms. The summed E-state index contributed by atoms with van der Waals surface area (Å²) in [5, 5.41) is 21.5. The lowest BCUT2D eigenvalue weighted by Gasteiger charge is -2.20. The maximum absolute atomic E-state index is 11.6. The highest BCUT2D eigenvalue weighted by Gasteiger charge is 2.27. The van der Waals surface area contributed by atoms with Crippen LogP contribution in [-0.4, -0.2) is 58.9 Å². The van der Waals surface area contributed by atoms with Crippen molar-refractivity contribution >= 4 is 48.2 Å². The molecular weight excluding hydrogens is 518 g/mol. The summed E-state index contributed by atoms with van der Waals surface area (Å²) in [5.74, 6) is 0.803. The zero-order chi connectivity index (χ0) is 25.8. The Morgan fingerprint density at radius 3 is 2.69 bits per heavy atom. The van der Waals surface area contributed by atoms with Crippen LogP contribution in [0.15, 0.2) is 52.4 Å². The molecule has 1 unspecified atom stereocenters. The quantitative estimate of drug-likeness (QED) is 0.259. The first-order chi connectivity index (χ1) is 16.4. The molecule has 1 aliphatic heterocycles. The molecular formula is C21H28ClN5O6S2. The molecule has 0 aliphatic carbocycles. The van der Waals surface area contributed by atoms with Crippen molar-refractivity contribution in [3.8, 4) is 5.75 Å². The van der Waals surface area contributed by atoms with E-state index in [0.29, 0.717) is 19.2 Å². The summed E-state index contributed by atoms with van der Waals surface area (Å²) in [6, 6.07) is 10.3. The number of aliphatic hydroxyl groups excluding tert-OH is 1. The van der Waals surface area contributed by atoms with Crippen LogP contribution in [0, 0.1) is 0 Å². The van der Waals surface area contributed by atoms with Gasteiger partial charge in [0.15, 0.2) is 0 Å². The number of anilines is 1. The molecule has 1 aromatic heterocycles. The summed E-state index contributed by atoms with van der Waals surface area (Å²) < 4.78 is 53.5. The summed E-state index contributed by atoms with van der Waals surface area (Å²) in [4.78, 5) is 2.51. The van der Waals surface area contributed by atoms with Gasteiger partial charge in [-0.25, -0.2) is 22.0 Å². The molecule has 35 heavy (non-hydrogen) atoms. The molecule has 0 spiro atoms. The smallest absolute Gasteiger partial charge is 0.244 e. The Bertz CT molecular complexity index is 1390. The van der Waals surface area contributed by atoms with Crippen LogP contribution >= 0.6 is 11.6 Å². The number of rotatable bonds is 7. The fourth-order valence-corrected chi connectivity index (χ4v) is 5.50. The molecule has 0 saturated carbocycles. The lowest BCUT2D eigenvalue weighted by Crippen LogP contribution is -2.35. The largest absolute Gasteiger partial charge is 0.490 e. The van der Waals surface area contributed by atoms with E-state index in [1.165, 1.54) is 6.07 Å². The number of aromatic amines is 1. The van der Waals surface area contributed by atoms with Crippen LogP contribution in [0.4, 0.5) is 5.69 Å². The summed E-state index contributed by atoms with van der Waals surface area (Å²) in [5.41, 5.74) is 1.28. The van der Waals surface area contributed by atoms with Gasteiger partial charge in [-0.3, -0.25) is 0 Å². The van der Waals surface area contributed by atoms with Crippen molar-refractivity contribution in [2.45, 2.75) is 35.8 Å². The summed E-state index contributed by atoms with van der Waals surface area (Å²) in [6.45, 7) is 4.95. The Morgan fingerprint density at radius 1 is 1.26 bits per heavy atom. The number of sulfonamides is 2. The Labute approximate surface area is 209 Å². The summed E-state index contributed by atoms with van der Waals surface area (Å²) in [7, 11) is -7.80. The van der Waals surface area contributed by atoms with Crippen molar-refractivity contribution < 1.29 is 26.7 Å². The number of halogens is 1. The van der Waals surface area contributed by atoms with Gasteiger partial charge in [-0.05, 0) is 30.3 Å². The minimum atomic E-state index is -4.07. The fourth-order valence-electron chi connectivity index (χ4n) is 3.22. The molecule has 11 nitrogen and oxygen atoms in total. The van der Waals surface area contributed by atoms with Crippen LogP contribution in [0.25, 0.3) is 10.9 Å². The fraction of sp³-hybridized carbons (Fsp3) is 0.333. The van der Waals surface area contributed by atoms with E-state index in [0.717, 1.165) is 22.7 Å². The van der Waals surface area contributed by atoms with E-state index in [4.69, 9.17) is 21.5 Å². The number of aromatic nitrogens is 1. The Morgan fingerprint density at radius 2 is 2.00 bits per heavy atom. The first-order valence-corrected chi connectivity index (χ1v) is 14.0. The highest BCUT2D eigenvalue weighted by molar-refractivity contribution is 7.90. The first-order valence-electron chi connectivity index (χ1n) is 10.6. The van der Waals surface area contributed by atoms with E-state index in [1.807, 2.05) is 44.3 Å². The molecule has 1 atom stereocenters. The van der Waals surface area contributed by atoms with Gasteiger partial charge >= 0.3 is 0 Å². The van der Waals surface area contributed by atoms with E-state index >= 15 is 0 Å². The number of nitrogens with one attached hydrogen (secondary N) is 4. The molecule has 1 aliphatic rings. The second-order valence-corrected chi connectivity index (χ2v) is 11.7. The number of hydrogen-bond acceptors (Lipinski definition) is 8. The van der Waals surface area contributed by atoms with Crippen LogP contribution in [0.2, 0.25) is 5.02 Å². The number of ether oxygens (including phenoxy) is 1. The number of benzene rings is 2. The molecule has 7 N–H and O–H groups in total. The highest BCUT2D eigenvalue weighted by Crippen LogP contribution is 2.32. The number of nitrogens with two attached hydrogens (primary N) is 1. The predicted molar refractivity (Wildman–Crippen MR) is 135 cm³/mol. The molecule has 0 bridgehead atoms. The SMILES string of the molecule is CC(C)NCC(O)COc1cccc2[nH]ccc12.NS(=O)(=O)c1cc2c(cc1Cl)NCNS2(=O)=O. The molecule has 0 amide bonds. The van der Waals surface area contributed by atoms with Gasteiger partial charge in [0, 0.05) is 29.7 Å². The zero-order valence-electron chi connectivity index (χ0n) is 19.1. The van der Waals surface area contributed by atoms with Gasteiger partial charge in [-0.2, -0.15) is 4.72 Å². The second-order valence-electron chi connectivity index (χ2n) is 8.05. The van der Waals surface area contributed by atoms with E-state index in [9.17, 15) is 21.9 Å². The van der Waals surface area contributed by atoms with Gasteiger partial charge in [0.1, 0.15) is 28.3 Å². The van der Waals surface area contributed by atoms with Crippen LogP contribution in [0.5, 0.6) is 5.75 Å². The third-order valence-electron chi connectivity index (χ3n) is 4.92. The standard InChI is InChI=1S/C14H20N2O2.C7H8ClN3O4S2/c1-10(2)16-8-11(17)9-18-14-5-3-4-13-12(14)6-7-15-13;8-4-1-5-7(2-6(4)16(9,12)13)17(14,15)11-3-10-5/h3-7,10-11,15-17H,8-9H2,1-2H3;1-2,10-11H,3H2,(H2,9,12,13). The maximum atomic E-state index is 11.6. The lowest BCUT2D eigenvalue weighted by atomic mass is 10.2. The van der Waals surface area contributed by atoms with Crippen LogP contribution in [0.3, 0.4) is 0 Å². The molecule has 4 rings (SSSR count). The topological polar surface area (TPSA) is 176 Å². The van der Waals surface area contributed by atoms with Gasteiger partial charge in [0.25, 0.3) is 0 Å². The van der Waals surface area contributed by atoms with Crippen LogP contribution in [0.1, 0.15) is 13.8 Å². The van der Waals surface area contributed by atoms with E-state index in [2.05, 4.69) is 20.3 Å². The van der Waals surface area contributed by atoms with Crippen molar-refractivity contribution in [2.75, 3.05) is 25.1 Å². The third-order valence-corrected chi connectivity index (χ3v) is 7.74. The Kier molecular flexibility index (Phi) is 8.64. The molecule has 0 saturated heterocycles. The third kappa shape index (κ3) is 7.07. The summed E-state index contributed by atoms with van der Waals surface area (Å²) in [6.07, 6.45) is 1.38. The lowest BCUT2D eigenvalue weighted by molar-refractivity contribution is 0.105.